The Balaban J connectivity index is 0.00000243. The van der Waals surface area contributed by atoms with Crippen LogP contribution >= 0.6 is 12.4 Å². The summed E-state index contributed by atoms with van der Waals surface area (Å²) in [6, 6.07) is 5.40. The smallest absolute Gasteiger partial charge is 0.258 e. The van der Waals surface area contributed by atoms with Gasteiger partial charge < -0.3 is 11.1 Å². The van der Waals surface area contributed by atoms with E-state index in [1.54, 1.807) is 16.7 Å². The van der Waals surface area contributed by atoms with E-state index < -0.39 is 0 Å². The molecule has 2 aromatic heterocycles. The first-order valence-electron chi connectivity index (χ1n) is 8.76. The van der Waals surface area contributed by atoms with Crippen LogP contribution in [0.25, 0.3) is 5.65 Å². The monoisotopic (exact) mass is 379 g/mol. The summed E-state index contributed by atoms with van der Waals surface area (Å²) in [5.41, 5.74) is 7.79. The third kappa shape index (κ3) is 4.81. The number of hydrogen-bond acceptors (Lipinski definition) is 5. The third-order valence-electron chi connectivity index (χ3n) is 4.57. The summed E-state index contributed by atoms with van der Waals surface area (Å²) in [6.45, 7) is 5.09. The van der Waals surface area contributed by atoms with E-state index in [4.69, 9.17) is 5.73 Å². The summed E-state index contributed by atoms with van der Waals surface area (Å²) in [5.74, 6) is 0.0432. The number of nitrogens with zero attached hydrogens (tertiary/aromatic N) is 3. The zero-order chi connectivity index (χ0) is 17.8. The van der Waals surface area contributed by atoms with Gasteiger partial charge in [0.25, 0.3) is 5.56 Å². The van der Waals surface area contributed by atoms with Crippen molar-refractivity contribution in [1.82, 2.24) is 19.6 Å². The number of nitrogens with two attached hydrogens (primary N) is 1. The highest BCUT2D eigenvalue weighted by molar-refractivity contribution is 5.85. The van der Waals surface area contributed by atoms with E-state index in [1.807, 2.05) is 19.1 Å². The van der Waals surface area contributed by atoms with Gasteiger partial charge in [0.15, 0.2) is 0 Å². The maximum Gasteiger partial charge on any atom is 0.258 e. The molecule has 1 amide bonds. The molecule has 1 aliphatic rings. The van der Waals surface area contributed by atoms with E-state index in [0.717, 1.165) is 30.6 Å². The topological polar surface area (TPSA) is 92.7 Å². The minimum atomic E-state index is -0.0713. The van der Waals surface area contributed by atoms with E-state index in [2.05, 4.69) is 15.2 Å². The number of amides is 1. The molecule has 0 saturated carbocycles. The number of likely N-dealkylation sites (tertiary alicyclic amines) is 1. The predicted molar refractivity (Wildman–Crippen MR) is 104 cm³/mol. The third-order valence-corrected chi connectivity index (χ3v) is 4.57. The first-order chi connectivity index (χ1) is 12.1. The Labute approximate surface area is 159 Å². The molecule has 2 aromatic rings. The van der Waals surface area contributed by atoms with E-state index >= 15 is 0 Å². The zero-order valence-electron chi connectivity index (χ0n) is 15.0. The van der Waals surface area contributed by atoms with Crippen LogP contribution in [0.4, 0.5) is 0 Å². The molecule has 1 fully saturated rings. The van der Waals surface area contributed by atoms with Gasteiger partial charge in [-0.05, 0) is 37.9 Å². The first kappa shape index (κ1) is 20.4. The quantitative estimate of drug-likeness (QED) is 0.798. The number of rotatable bonds is 5. The van der Waals surface area contributed by atoms with Gasteiger partial charge in [-0.3, -0.25) is 18.9 Å². The minimum Gasteiger partial charge on any atom is -0.355 e. The number of aryl methyl sites for hydroxylation is 1. The molecular weight excluding hydrogens is 354 g/mol. The fourth-order valence-corrected chi connectivity index (χ4v) is 3.32. The van der Waals surface area contributed by atoms with Crippen molar-refractivity contribution in [3.05, 3.63) is 46.0 Å². The summed E-state index contributed by atoms with van der Waals surface area (Å²) in [4.78, 5) is 31.3. The molecule has 8 heteroatoms. The SMILES string of the molecule is Cc1ccc2nc(CN3CCCC(C(=O)NCCN)C3)cc(=O)n2c1.Cl. The van der Waals surface area contributed by atoms with Crippen LogP contribution < -0.4 is 16.6 Å². The average Bonchev–Trinajstić information content (AvgIpc) is 2.60. The lowest BCUT2D eigenvalue weighted by Crippen LogP contribution is -2.43. The molecule has 0 bridgehead atoms. The fourth-order valence-electron chi connectivity index (χ4n) is 3.32. The lowest BCUT2D eigenvalue weighted by atomic mass is 9.97. The molecule has 1 aliphatic heterocycles. The highest BCUT2D eigenvalue weighted by Gasteiger charge is 2.25. The molecule has 1 saturated heterocycles. The number of fused-ring (bicyclic) bond motifs is 1. The van der Waals surface area contributed by atoms with Crippen LogP contribution in [0.2, 0.25) is 0 Å². The summed E-state index contributed by atoms with van der Waals surface area (Å²) in [6.07, 6.45) is 3.65. The Morgan fingerprint density at radius 3 is 3.00 bits per heavy atom. The number of aromatic nitrogens is 2. The molecule has 1 unspecified atom stereocenters. The number of hydrogen-bond donors (Lipinski definition) is 2. The normalized spacial score (nSPS) is 17.7. The van der Waals surface area contributed by atoms with Gasteiger partial charge in [-0.1, -0.05) is 6.07 Å². The number of halogens is 1. The van der Waals surface area contributed by atoms with Gasteiger partial charge in [-0.15, -0.1) is 12.4 Å². The molecular formula is C18H26ClN5O2. The molecule has 0 aliphatic carbocycles. The van der Waals surface area contributed by atoms with Crippen LogP contribution in [0.3, 0.4) is 0 Å². The summed E-state index contributed by atoms with van der Waals surface area (Å²) in [7, 11) is 0. The number of carbonyl (C=O) groups is 1. The van der Waals surface area contributed by atoms with Crippen molar-refractivity contribution < 1.29 is 4.79 Å². The van der Waals surface area contributed by atoms with Crippen LogP contribution in [0, 0.1) is 12.8 Å². The molecule has 7 nitrogen and oxygen atoms in total. The van der Waals surface area contributed by atoms with Crippen molar-refractivity contribution in [1.29, 1.82) is 0 Å². The molecule has 0 radical (unpaired) electrons. The fraction of sp³-hybridized carbons (Fsp3) is 0.500. The number of carbonyl (C=O) groups excluding carboxylic acids is 1. The maximum atomic E-state index is 12.3. The summed E-state index contributed by atoms with van der Waals surface area (Å²) >= 11 is 0. The zero-order valence-corrected chi connectivity index (χ0v) is 15.8. The highest BCUT2D eigenvalue weighted by Crippen LogP contribution is 2.18. The Morgan fingerprint density at radius 2 is 2.23 bits per heavy atom. The molecule has 3 N–H and O–H groups in total. The first-order valence-corrected chi connectivity index (χ1v) is 8.76. The van der Waals surface area contributed by atoms with Gasteiger partial charge in [0.1, 0.15) is 5.65 Å². The summed E-state index contributed by atoms with van der Waals surface area (Å²) < 4.78 is 1.57. The van der Waals surface area contributed by atoms with Crippen molar-refractivity contribution in [3.63, 3.8) is 0 Å². The van der Waals surface area contributed by atoms with Crippen molar-refractivity contribution in [3.8, 4) is 0 Å². The van der Waals surface area contributed by atoms with E-state index in [0.29, 0.717) is 31.8 Å². The number of piperidine rings is 1. The van der Waals surface area contributed by atoms with Crippen LogP contribution in [-0.4, -0.2) is 46.4 Å². The largest absolute Gasteiger partial charge is 0.355 e. The Morgan fingerprint density at radius 1 is 1.42 bits per heavy atom. The molecule has 3 heterocycles. The molecule has 0 spiro atoms. The predicted octanol–water partition coefficient (Wildman–Crippen LogP) is 0.712. The second-order valence-electron chi connectivity index (χ2n) is 6.67. The molecule has 3 rings (SSSR count). The minimum absolute atomic E-state index is 0. The molecule has 26 heavy (non-hydrogen) atoms. The van der Waals surface area contributed by atoms with Crippen molar-refractivity contribution in [2.75, 3.05) is 26.2 Å². The maximum absolute atomic E-state index is 12.3. The lowest BCUT2D eigenvalue weighted by molar-refractivity contribution is -0.126. The highest BCUT2D eigenvalue weighted by atomic mass is 35.5. The van der Waals surface area contributed by atoms with Crippen LogP contribution in [0.5, 0.6) is 0 Å². The van der Waals surface area contributed by atoms with Crippen LogP contribution in [-0.2, 0) is 11.3 Å². The van der Waals surface area contributed by atoms with E-state index in [1.165, 1.54) is 0 Å². The second kappa shape index (κ2) is 9.12. The van der Waals surface area contributed by atoms with Crippen LogP contribution in [0.15, 0.2) is 29.2 Å². The molecule has 1 atom stereocenters. The van der Waals surface area contributed by atoms with Gasteiger partial charge in [0, 0.05) is 38.4 Å². The second-order valence-corrected chi connectivity index (χ2v) is 6.67. The van der Waals surface area contributed by atoms with Gasteiger partial charge in [-0.2, -0.15) is 0 Å². The van der Waals surface area contributed by atoms with Crippen molar-refractivity contribution >= 4 is 24.0 Å². The van der Waals surface area contributed by atoms with E-state index in [-0.39, 0.29) is 29.8 Å². The van der Waals surface area contributed by atoms with Crippen LogP contribution in [0.1, 0.15) is 24.1 Å². The molecule has 0 aromatic carbocycles. The Kier molecular flexibility index (Phi) is 7.14. The van der Waals surface area contributed by atoms with Gasteiger partial charge >= 0.3 is 0 Å². The lowest BCUT2D eigenvalue weighted by Gasteiger charge is -2.31. The van der Waals surface area contributed by atoms with Gasteiger partial charge in [-0.25, -0.2) is 4.98 Å². The standard InChI is InChI=1S/C18H25N5O2.ClH/c1-13-4-5-16-21-15(9-17(24)23(16)10-13)12-22-8-2-3-14(11-22)18(25)20-7-6-19;/h4-5,9-10,14H,2-3,6-8,11-12,19H2,1H3,(H,20,25);1H. The van der Waals surface area contributed by atoms with Crippen molar-refractivity contribution in [2.45, 2.75) is 26.3 Å². The summed E-state index contributed by atoms with van der Waals surface area (Å²) in [5, 5.41) is 2.87. The van der Waals surface area contributed by atoms with E-state index in [9.17, 15) is 9.59 Å². The average molecular weight is 380 g/mol. The molecule has 142 valence electrons. The Bertz CT molecular complexity index is 823. The number of nitrogens with one attached hydrogen (secondary N) is 1. The Hall–Kier alpha value is -1.96. The van der Waals surface area contributed by atoms with Gasteiger partial charge in [0.05, 0.1) is 11.6 Å². The van der Waals surface area contributed by atoms with Gasteiger partial charge in [0.2, 0.25) is 5.91 Å². The number of pyridine rings is 1. The van der Waals surface area contributed by atoms with Crippen molar-refractivity contribution in [2.24, 2.45) is 11.7 Å².